The van der Waals surface area contributed by atoms with E-state index in [-0.39, 0.29) is 12.5 Å². The van der Waals surface area contributed by atoms with Crippen molar-refractivity contribution in [2.45, 2.75) is 20.8 Å². The quantitative estimate of drug-likeness (QED) is 0.436. The zero-order chi connectivity index (χ0) is 21.3. The number of hydrogen-bond donors (Lipinski definition) is 0. The molecule has 0 bridgehead atoms. The number of benzene rings is 3. The van der Waals surface area contributed by atoms with Gasteiger partial charge in [-0.15, -0.1) is 0 Å². The molecule has 0 fully saturated rings. The Morgan fingerprint density at radius 2 is 1.67 bits per heavy atom. The number of aryl methyl sites for hydroxylation is 1. The van der Waals surface area contributed by atoms with Crippen LogP contribution in [0.3, 0.4) is 0 Å². The van der Waals surface area contributed by atoms with Gasteiger partial charge in [-0.2, -0.15) is 0 Å². The van der Waals surface area contributed by atoms with Gasteiger partial charge in [0.25, 0.3) is 5.91 Å². The number of esters is 1. The van der Waals surface area contributed by atoms with Crippen LogP contribution in [0.15, 0.2) is 83.6 Å². The van der Waals surface area contributed by atoms with E-state index in [1.54, 1.807) is 24.8 Å². The van der Waals surface area contributed by atoms with Gasteiger partial charge in [-0.3, -0.25) is 9.69 Å². The normalized spacial score (nSPS) is 15.4. The Morgan fingerprint density at radius 1 is 0.967 bits per heavy atom. The molecular weight excluding hydrogens is 374 g/mol. The first-order valence-corrected chi connectivity index (χ1v) is 10.00. The number of allylic oxidation sites excluding steroid dienone is 1. The molecule has 0 aromatic heterocycles. The molecule has 0 N–H and O–H groups in total. The van der Waals surface area contributed by atoms with Gasteiger partial charge in [0.15, 0.2) is 0 Å². The molecular formula is C26H23NO3. The van der Waals surface area contributed by atoms with E-state index >= 15 is 0 Å². The SMILES string of the molecule is CCOC(=O)C1=C(C)N(c2ccc(C)cc2)C(=O)/C1=C/c1cccc2ccccc12. The molecule has 4 rings (SSSR count). The van der Waals surface area contributed by atoms with E-state index < -0.39 is 5.97 Å². The minimum absolute atomic E-state index is 0.229. The lowest BCUT2D eigenvalue weighted by Gasteiger charge is -2.18. The molecule has 4 heteroatoms. The molecule has 0 aliphatic carbocycles. The maximum atomic E-state index is 13.5. The van der Waals surface area contributed by atoms with Crippen molar-refractivity contribution in [2.24, 2.45) is 0 Å². The van der Waals surface area contributed by atoms with E-state index in [4.69, 9.17) is 4.74 Å². The van der Waals surface area contributed by atoms with Gasteiger partial charge in [-0.1, -0.05) is 60.2 Å². The first-order valence-electron chi connectivity index (χ1n) is 10.00. The summed E-state index contributed by atoms with van der Waals surface area (Å²) in [5.74, 6) is -0.711. The average molecular weight is 397 g/mol. The topological polar surface area (TPSA) is 46.6 Å². The molecule has 4 nitrogen and oxygen atoms in total. The molecule has 0 atom stereocenters. The Morgan fingerprint density at radius 3 is 2.40 bits per heavy atom. The monoisotopic (exact) mass is 397 g/mol. The van der Waals surface area contributed by atoms with Crippen molar-refractivity contribution in [3.8, 4) is 0 Å². The number of fused-ring (bicyclic) bond motifs is 1. The summed E-state index contributed by atoms with van der Waals surface area (Å²) in [6.45, 7) is 5.79. The van der Waals surface area contributed by atoms with Crippen molar-refractivity contribution in [2.75, 3.05) is 11.5 Å². The molecule has 3 aromatic carbocycles. The molecule has 1 aliphatic heterocycles. The van der Waals surface area contributed by atoms with Crippen LogP contribution in [0, 0.1) is 6.92 Å². The highest BCUT2D eigenvalue weighted by Gasteiger charge is 2.38. The van der Waals surface area contributed by atoms with E-state index in [2.05, 4.69) is 0 Å². The highest BCUT2D eigenvalue weighted by molar-refractivity contribution is 6.24. The third-order valence-electron chi connectivity index (χ3n) is 5.29. The first-order chi connectivity index (χ1) is 14.5. The summed E-state index contributed by atoms with van der Waals surface area (Å²) in [6, 6.07) is 21.6. The number of anilines is 1. The molecule has 0 saturated heterocycles. The summed E-state index contributed by atoms with van der Waals surface area (Å²) < 4.78 is 5.29. The van der Waals surface area contributed by atoms with Crippen LogP contribution >= 0.6 is 0 Å². The lowest BCUT2D eigenvalue weighted by molar-refractivity contribution is -0.138. The molecule has 0 saturated carbocycles. The highest BCUT2D eigenvalue weighted by Crippen LogP contribution is 2.36. The van der Waals surface area contributed by atoms with Crippen molar-refractivity contribution in [3.05, 3.63) is 94.7 Å². The molecule has 0 radical (unpaired) electrons. The fourth-order valence-corrected chi connectivity index (χ4v) is 3.82. The lowest BCUT2D eigenvalue weighted by atomic mass is 9.99. The molecule has 0 spiro atoms. The molecule has 0 unspecified atom stereocenters. The predicted molar refractivity (Wildman–Crippen MR) is 120 cm³/mol. The first kappa shape index (κ1) is 19.6. The Hall–Kier alpha value is -3.66. The van der Waals surface area contributed by atoms with Crippen molar-refractivity contribution in [3.63, 3.8) is 0 Å². The van der Waals surface area contributed by atoms with Gasteiger partial charge in [0.2, 0.25) is 0 Å². The molecule has 3 aromatic rings. The third kappa shape index (κ3) is 3.41. The van der Waals surface area contributed by atoms with Crippen LogP contribution in [-0.2, 0) is 14.3 Å². The fraction of sp³-hybridized carbons (Fsp3) is 0.154. The summed E-state index contributed by atoms with van der Waals surface area (Å²) in [6.07, 6.45) is 1.80. The highest BCUT2D eigenvalue weighted by atomic mass is 16.5. The summed E-state index contributed by atoms with van der Waals surface area (Å²) in [5, 5.41) is 2.10. The number of carbonyl (C=O) groups excluding carboxylic acids is 2. The molecule has 30 heavy (non-hydrogen) atoms. The summed E-state index contributed by atoms with van der Waals surface area (Å²) in [5.41, 5.74) is 3.96. The second-order valence-corrected chi connectivity index (χ2v) is 7.28. The Labute approximate surface area is 176 Å². The number of rotatable bonds is 4. The largest absolute Gasteiger partial charge is 0.462 e. The predicted octanol–water partition coefficient (Wildman–Crippen LogP) is 5.42. The number of amides is 1. The minimum atomic E-state index is -0.482. The molecule has 1 heterocycles. The zero-order valence-electron chi connectivity index (χ0n) is 17.3. The Kier molecular flexibility index (Phi) is 5.23. The van der Waals surface area contributed by atoms with E-state index in [1.165, 1.54) is 0 Å². The van der Waals surface area contributed by atoms with E-state index in [0.29, 0.717) is 16.8 Å². The number of hydrogen-bond acceptors (Lipinski definition) is 3. The van der Waals surface area contributed by atoms with Gasteiger partial charge >= 0.3 is 5.97 Å². The van der Waals surface area contributed by atoms with Crippen LogP contribution in [0.2, 0.25) is 0 Å². The molecule has 150 valence electrons. The van der Waals surface area contributed by atoms with Gasteiger partial charge in [-0.25, -0.2) is 4.79 Å². The van der Waals surface area contributed by atoms with Crippen molar-refractivity contribution < 1.29 is 14.3 Å². The zero-order valence-corrected chi connectivity index (χ0v) is 17.3. The standard InChI is InChI=1S/C26H23NO3/c1-4-30-26(29)24-18(3)27(21-14-12-17(2)13-15-21)25(28)23(24)16-20-10-7-9-19-8-5-6-11-22(19)20/h5-16H,4H2,1-3H3/b23-16+. The van der Waals surface area contributed by atoms with Gasteiger partial charge in [0.05, 0.1) is 17.8 Å². The van der Waals surface area contributed by atoms with Crippen molar-refractivity contribution >= 4 is 34.4 Å². The number of ether oxygens (including phenoxy) is 1. The van der Waals surface area contributed by atoms with E-state index in [0.717, 1.165) is 27.6 Å². The maximum absolute atomic E-state index is 13.5. The summed E-state index contributed by atoms with van der Waals surface area (Å²) in [7, 11) is 0. The van der Waals surface area contributed by atoms with Gasteiger partial charge in [0, 0.05) is 11.4 Å². The van der Waals surface area contributed by atoms with Crippen LogP contribution < -0.4 is 4.90 Å². The molecule has 1 amide bonds. The van der Waals surface area contributed by atoms with E-state index in [9.17, 15) is 9.59 Å². The van der Waals surface area contributed by atoms with Crippen LogP contribution in [0.25, 0.3) is 16.8 Å². The fourth-order valence-electron chi connectivity index (χ4n) is 3.82. The number of nitrogens with zero attached hydrogens (tertiary/aromatic N) is 1. The van der Waals surface area contributed by atoms with Crippen LogP contribution in [0.5, 0.6) is 0 Å². The van der Waals surface area contributed by atoms with Gasteiger partial charge in [0.1, 0.15) is 0 Å². The lowest BCUT2D eigenvalue weighted by Crippen LogP contribution is -2.24. The molecule has 1 aliphatic rings. The second kappa shape index (κ2) is 7.99. The minimum Gasteiger partial charge on any atom is -0.462 e. The van der Waals surface area contributed by atoms with Crippen molar-refractivity contribution in [1.82, 2.24) is 0 Å². The Balaban J connectivity index is 1.89. The van der Waals surface area contributed by atoms with Gasteiger partial charge in [-0.05, 0) is 55.3 Å². The Bertz CT molecular complexity index is 1200. The van der Waals surface area contributed by atoms with E-state index in [1.807, 2.05) is 73.7 Å². The number of carbonyl (C=O) groups is 2. The van der Waals surface area contributed by atoms with Crippen molar-refractivity contribution in [1.29, 1.82) is 0 Å². The maximum Gasteiger partial charge on any atom is 0.340 e. The summed E-state index contributed by atoms with van der Waals surface area (Å²) >= 11 is 0. The average Bonchev–Trinajstić information content (AvgIpc) is 2.99. The smallest absolute Gasteiger partial charge is 0.340 e. The summed E-state index contributed by atoms with van der Waals surface area (Å²) in [4.78, 5) is 27.9. The van der Waals surface area contributed by atoms with Crippen LogP contribution in [0.4, 0.5) is 5.69 Å². The van der Waals surface area contributed by atoms with Crippen LogP contribution in [-0.4, -0.2) is 18.5 Å². The third-order valence-corrected chi connectivity index (χ3v) is 5.29. The van der Waals surface area contributed by atoms with Gasteiger partial charge < -0.3 is 4.74 Å². The second-order valence-electron chi connectivity index (χ2n) is 7.28. The van der Waals surface area contributed by atoms with Crippen LogP contribution in [0.1, 0.15) is 25.0 Å².